The highest BCUT2D eigenvalue weighted by atomic mass is 35.5. The van der Waals surface area contributed by atoms with E-state index >= 15 is 0 Å². The first-order valence-electron chi connectivity index (χ1n) is 11.0. The monoisotopic (exact) mass is 548 g/mol. The zero-order valence-corrected chi connectivity index (χ0v) is 21.2. The first-order valence-corrected chi connectivity index (χ1v) is 11.8. The van der Waals surface area contributed by atoms with Crippen LogP contribution in [0.1, 0.15) is 38.5 Å². The summed E-state index contributed by atoms with van der Waals surface area (Å²) in [5, 5.41) is 8.52. The van der Waals surface area contributed by atoms with E-state index in [1.807, 2.05) is 0 Å². The molecule has 0 saturated heterocycles. The number of carbonyl (C=O) groups excluding carboxylic acids is 2. The van der Waals surface area contributed by atoms with Gasteiger partial charge in [-0.1, -0.05) is 23.2 Å². The number of benzene rings is 2. The van der Waals surface area contributed by atoms with E-state index in [0.29, 0.717) is 22.8 Å². The largest absolute Gasteiger partial charge is 0.462 e. The number of esters is 2. The van der Waals surface area contributed by atoms with Crippen molar-refractivity contribution in [3.05, 3.63) is 93.0 Å². The summed E-state index contributed by atoms with van der Waals surface area (Å²) in [4.78, 5) is 25.1. The van der Waals surface area contributed by atoms with E-state index in [2.05, 4.69) is 10.2 Å². The fourth-order valence-electron chi connectivity index (χ4n) is 3.50. The molecule has 4 aromatic rings. The van der Waals surface area contributed by atoms with Crippen LogP contribution in [0.5, 0.6) is 0 Å². The van der Waals surface area contributed by atoms with Crippen molar-refractivity contribution in [1.29, 1.82) is 0 Å². The average Bonchev–Trinajstić information content (AvgIpc) is 3.33. The van der Waals surface area contributed by atoms with Gasteiger partial charge in [-0.25, -0.2) is 27.7 Å². The van der Waals surface area contributed by atoms with Gasteiger partial charge in [0.25, 0.3) is 0 Å². The van der Waals surface area contributed by atoms with Crippen LogP contribution in [0.4, 0.5) is 8.78 Å². The summed E-state index contributed by atoms with van der Waals surface area (Å²) in [7, 11) is 0. The van der Waals surface area contributed by atoms with Gasteiger partial charge in [-0.05, 0) is 62.4 Å². The molecule has 0 bridgehead atoms. The minimum Gasteiger partial charge on any atom is -0.462 e. The van der Waals surface area contributed by atoms with Gasteiger partial charge in [0.2, 0.25) is 0 Å². The molecule has 2 aromatic heterocycles. The molecule has 0 spiro atoms. The number of hydrogen-bond acceptors (Lipinski definition) is 6. The molecule has 0 atom stereocenters. The number of hydrogen-bond donors (Lipinski definition) is 0. The molecule has 0 fully saturated rings. The van der Waals surface area contributed by atoms with Gasteiger partial charge in [-0.3, -0.25) is 0 Å². The van der Waals surface area contributed by atoms with Gasteiger partial charge < -0.3 is 9.47 Å². The van der Waals surface area contributed by atoms with E-state index in [-0.39, 0.29) is 41.1 Å². The maximum atomic E-state index is 13.2. The van der Waals surface area contributed by atoms with Crippen LogP contribution < -0.4 is 0 Å². The molecule has 0 unspecified atom stereocenters. The fraction of sp³-hybridized carbons (Fsp3) is 0.200. The highest BCUT2D eigenvalue weighted by molar-refractivity contribution is 6.33. The molecule has 4 rings (SSSR count). The van der Waals surface area contributed by atoms with Crippen LogP contribution in [-0.4, -0.2) is 44.7 Å². The summed E-state index contributed by atoms with van der Waals surface area (Å²) in [6.07, 6.45) is 0.211. The molecule has 2 heterocycles. The first kappa shape index (κ1) is 26.3. The SMILES string of the molecule is Cc1nn(-c2ccc(F)cc2)c(Cl)c1C(=O)OCCCOC(=O)c1c(C)nn(-c2ccc(F)cc2)c1Cl. The first-order chi connectivity index (χ1) is 17.7. The van der Waals surface area contributed by atoms with Gasteiger partial charge in [-0.15, -0.1) is 0 Å². The maximum absolute atomic E-state index is 13.2. The van der Waals surface area contributed by atoms with Gasteiger partial charge in [0, 0.05) is 6.42 Å². The van der Waals surface area contributed by atoms with Crippen LogP contribution in [0, 0.1) is 25.5 Å². The minimum absolute atomic E-state index is 0.0313. The van der Waals surface area contributed by atoms with Crippen LogP contribution >= 0.6 is 23.2 Å². The van der Waals surface area contributed by atoms with Crippen LogP contribution in [0.25, 0.3) is 11.4 Å². The van der Waals surface area contributed by atoms with E-state index in [1.165, 1.54) is 57.9 Å². The van der Waals surface area contributed by atoms with Crippen LogP contribution in [0.2, 0.25) is 10.3 Å². The van der Waals surface area contributed by atoms with Gasteiger partial charge in [0.05, 0.1) is 36.0 Å². The van der Waals surface area contributed by atoms with Crippen LogP contribution in [0.3, 0.4) is 0 Å². The summed E-state index contributed by atoms with van der Waals surface area (Å²) < 4.78 is 39.5. The van der Waals surface area contributed by atoms with Gasteiger partial charge in [-0.2, -0.15) is 10.2 Å². The van der Waals surface area contributed by atoms with Crippen molar-refractivity contribution >= 4 is 35.1 Å². The predicted octanol–water partition coefficient (Wildman–Crippen LogP) is 5.66. The van der Waals surface area contributed by atoms with Gasteiger partial charge in [0.1, 0.15) is 33.1 Å². The molecule has 0 radical (unpaired) electrons. The molecule has 37 heavy (non-hydrogen) atoms. The standard InChI is InChI=1S/C25H20Cl2F2N4O4/c1-14-20(22(26)32(30-14)18-8-4-16(28)5-9-18)24(34)36-12-3-13-37-25(35)21-15(2)31-33(23(21)27)19-10-6-17(29)7-11-19/h4-11H,3,12-13H2,1-2H3. The molecule has 0 aliphatic heterocycles. The van der Waals surface area contributed by atoms with Crippen molar-refractivity contribution in [1.82, 2.24) is 19.6 Å². The molecule has 192 valence electrons. The lowest BCUT2D eigenvalue weighted by Gasteiger charge is -2.07. The predicted molar refractivity (Wildman–Crippen MR) is 132 cm³/mol. The quantitative estimate of drug-likeness (QED) is 0.208. The third kappa shape index (κ3) is 5.65. The summed E-state index contributed by atoms with van der Waals surface area (Å²) in [5.41, 5.74) is 1.81. The summed E-state index contributed by atoms with van der Waals surface area (Å²) in [5.74, 6) is -2.21. The Labute approximate surface area is 220 Å². The average molecular weight is 549 g/mol. The second-order valence-corrected chi connectivity index (χ2v) is 8.62. The van der Waals surface area contributed by atoms with Crippen molar-refractivity contribution in [2.45, 2.75) is 20.3 Å². The van der Waals surface area contributed by atoms with E-state index in [9.17, 15) is 18.4 Å². The normalized spacial score (nSPS) is 11.0. The minimum atomic E-state index is -0.693. The Morgan fingerprint density at radius 2 is 1.08 bits per heavy atom. The summed E-state index contributed by atoms with van der Waals surface area (Å²) in [6.45, 7) is 3.10. The maximum Gasteiger partial charge on any atom is 0.343 e. The lowest BCUT2D eigenvalue weighted by molar-refractivity contribution is 0.0395. The summed E-state index contributed by atoms with van der Waals surface area (Å²) >= 11 is 12.7. The van der Waals surface area contributed by atoms with E-state index in [4.69, 9.17) is 32.7 Å². The molecule has 0 N–H and O–H groups in total. The van der Waals surface area contributed by atoms with Gasteiger partial charge >= 0.3 is 11.9 Å². The molecule has 0 aliphatic rings. The van der Waals surface area contributed by atoms with E-state index in [1.54, 1.807) is 13.8 Å². The molecule has 8 nitrogen and oxygen atoms in total. The Bertz CT molecular complexity index is 1340. The third-order valence-electron chi connectivity index (χ3n) is 5.31. The number of nitrogens with zero attached hydrogens (tertiary/aromatic N) is 4. The van der Waals surface area contributed by atoms with E-state index < -0.39 is 23.6 Å². The number of carbonyl (C=O) groups is 2. The molecule has 0 amide bonds. The Hall–Kier alpha value is -3.76. The fourth-order valence-corrected chi connectivity index (χ4v) is 4.20. The third-order valence-corrected chi connectivity index (χ3v) is 6.01. The Balaban J connectivity index is 1.32. The number of aryl methyl sites for hydroxylation is 2. The number of halogens is 4. The number of ether oxygens (including phenoxy) is 2. The molecular formula is C25H20Cl2F2N4O4. The van der Waals surface area contributed by atoms with Crippen molar-refractivity contribution in [3.8, 4) is 11.4 Å². The topological polar surface area (TPSA) is 88.2 Å². The Kier molecular flexibility index (Phi) is 7.89. The summed E-state index contributed by atoms with van der Waals surface area (Å²) in [6, 6.07) is 10.9. The highest BCUT2D eigenvalue weighted by Crippen LogP contribution is 2.26. The number of rotatable bonds is 8. The van der Waals surface area contributed by atoms with Gasteiger partial charge in [0.15, 0.2) is 0 Å². The van der Waals surface area contributed by atoms with Crippen molar-refractivity contribution in [2.24, 2.45) is 0 Å². The van der Waals surface area contributed by atoms with Crippen LogP contribution in [0.15, 0.2) is 48.5 Å². The smallest absolute Gasteiger partial charge is 0.343 e. The number of aromatic nitrogens is 4. The molecule has 0 saturated carbocycles. The van der Waals surface area contributed by atoms with Crippen LogP contribution in [-0.2, 0) is 9.47 Å². The molecule has 0 aliphatic carbocycles. The molecular weight excluding hydrogens is 529 g/mol. The zero-order chi connectivity index (χ0) is 26.7. The molecule has 12 heteroatoms. The Morgan fingerprint density at radius 3 is 1.43 bits per heavy atom. The highest BCUT2D eigenvalue weighted by Gasteiger charge is 2.24. The second kappa shape index (κ2) is 11.1. The van der Waals surface area contributed by atoms with E-state index in [0.717, 1.165) is 0 Å². The van der Waals surface area contributed by atoms with Crippen molar-refractivity contribution < 1.29 is 27.8 Å². The lowest BCUT2D eigenvalue weighted by atomic mass is 10.2. The Morgan fingerprint density at radius 1 is 0.730 bits per heavy atom. The zero-order valence-electron chi connectivity index (χ0n) is 19.7. The second-order valence-electron chi connectivity index (χ2n) is 7.90. The van der Waals surface area contributed by atoms with Crippen molar-refractivity contribution in [3.63, 3.8) is 0 Å². The lowest BCUT2D eigenvalue weighted by Crippen LogP contribution is -2.12. The molecule has 2 aromatic carbocycles. The van der Waals surface area contributed by atoms with Crippen molar-refractivity contribution in [2.75, 3.05) is 13.2 Å².